The highest BCUT2D eigenvalue weighted by Gasteiger charge is 2.34. The Balaban J connectivity index is 1.89. The van der Waals surface area contributed by atoms with Gasteiger partial charge in [0.15, 0.2) is 0 Å². The number of ether oxygens (including phenoxy) is 1. The first kappa shape index (κ1) is 21.1. The summed E-state index contributed by atoms with van der Waals surface area (Å²) in [5.41, 5.74) is 2.57. The summed E-state index contributed by atoms with van der Waals surface area (Å²) in [6.07, 6.45) is -4.47. The molecule has 0 aliphatic rings. The van der Waals surface area contributed by atoms with Crippen molar-refractivity contribution in [2.24, 2.45) is 7.05 Å². The predicted octanol–water partition coefficient (Wildman–Crippen LogP) is 6.97. The molecule has 31 heavy (non-hydrogen) atoms. The number of nitrogens with one attached hydrogen (secondary N) is 1. The van der Waals surface area contributed by atoms with Crippen molar-refractivity contribution in [1.29, 1.82) is 0 Å². The zero-order valence-corrected chi connectivity index (χ0v) is 17.8. The first-order valence-corrected chi connectivity index (χ1v) is 9.81. The zero-order chi connectivity index (χ0) is 22.3. The first-order valence-electron chi connectivity index (χ1n) is 9.44. The molecule has 0 saturated heterocycles. The van der Waals surface area contributed by atoms with Crippen molar-refractivity contribution in [3.05, 3.63) is 70.7 Å². The van der Waals surface area contributed by atoms with Crippen LogP contribution in [0.2, 0.25) is 5.02 Å². The summed E-state index contributed by atoms with van der Waals surface area (Å²) in [5.74, 6) is 1.01. The SMILES string of the molecule is COc1cc(Cl)cc(C)c1Nc1nc2cccc(-c3ccccc3C(F)(F)F)c2n1C. The zero-order valence-electron chi connectivity index (χ0n) is 17.0. The van der Waals surface area contributed by atoms with Crippen molar-refractivity contribution in [3.63, 3.8) is 0 Å². The van der Waals surface area contributed by atoms with Gasteiger partial charge in [-0.2, -0.15) is 13.2 Å². The third-order valence-electron chi connectivity index (χ3n) is 5.14. The minimum absolute atomic E-state index is 0.107. The molecule has 0 atom stereocenters. The van der Waals surface area contributed by atoms with E-state index in [9.17, 15) is 13.2 Å². The van der Waals surface area contributed by atoms with Gasteiger partial charge < -0.3 is 14.6 Å². The standard InChI is InChI=1S/C23H19ClF3N3O/c1-13-11-14(24)12-19(31-3)20(13)29-22-28-18-10-6-8-16(21(18)30(22)2)15-7-4-5-9-17(15)23(25,26)27/h4-12H,1-3H3,(H,28,29). The molecule has 0 bridgehead atoms. The van der Waals surface area contributed by atoms with Gasteiger partial charge in [0.2, 0.25) is 5.95 Å². The van der Waals surface area contributed by atoms with E-state index < -0.39 is 11.7 Å². The van der Waals surface area contributed by atoms with Gasteiger partial charge in [-0.25, -0.2) is 4.98 Å². The molecule has 4 nitrogen and oxygen atoms in total. The largest absolute Gasteiger partial charge is 0.495 e. The van der Waals surface area contributed by atoms with E-state index in [0.717, 1.165) is 11.6 Å². The molecule has 0 aliphatic heterocycles. The van der Waals surface area contributed by atoms with Gasteiger partial charge in [0.25, 0.3) is 0 Å². The number of imidazole rings is 1. The summed E-state index contributed by atoms with van der Waals surface area (Å²) in [5, 5.41) is 3.78. The van der Waals surface area contributed by atoms with Crippen LogP contribution in [0.5, 0.6) is 5.75 Å². The average Bonchev–Trinajstić information content (AvgIpc) is 3.04. The van der Waals surface area contributed by atoms with Gasteiger partial charge >= 0.3 is 6.18 Å². The molecule has 1 heterocycles. The van der Waals surface area contributed by atoms with Crippen molar-refractivity contribution in [1.82, 2.24) is 9.55 Å². The minimum atomic E-state index is -4.47. The quantitative estimate of drug-likeness (QED) is 0.368. The lowest BCUT2D eigenvalue weighted by Gasteiger charge is -2.15. The second kappa shape index (κ2) is 7.81. The number of hydrogen-bond acceptors (Lipinski definition) is 3. The molecule has 0 radical (unpaired) electrons. The van der Waals surface area contributed by atoms with Crippen LogP contribution in [0.15, 0.2) is 54.6 Å². The van der Waals surface area contributed by atoms with Crippen LogP contribution < -0.4 is 10.1 Å². The summed E-state index contributed by atoms with van der Waals surface area (Å²) in [6, 6.07) is 14.2. The van der Waals surface area contributed by atoms with Crippen LogP contribution in [-0.2, 0) is 13.2 Å². The number of alkyl halides is 3. The topological polar surface area (TPSA) is 39.1 Å². The number of hydrogen-bond donors (Lipinski definition) is 1. The van der Waals surface area contributed by atoms with E-state index in [2.05, 4.69) is 10.3 Å². The summed E-state index contributed by atoms with van der Waals surface area (Å²) in [7, 11) is 3.30. The molecule has 3 aromatic carbocycles. The Bertz CT molecular complexity index is 1280. The lowest BCUT2D eigenvalue weighted by Crippen LogP contribution is -2.07. The fourth-order valence-corrected chi connectivity index (χ4v) is 3.97. The molecule has 0 fully saturated rings. The molecular weight excluding hydrogens is 427 g/mol. The second-order valence-electron chi connectivity index (χ2n) is 7.14. The molecule has 0 saturated carbocycles. The molecule has 4 rings (SSSR count). The van der Waals surface area contributed by atoms with Gasteiger partial charge in [-0.15, -0.1) is 0 Å². The monoisotopic (exact) mass is 445 g/mol. The first-order chi connectivity index (χ1) is 14.7. The van der Waals surface area contributed by atoms with E-state index >= 15 is 0 Å². The van der Waals surface area contributed by atoms with E-state index in [1.54, 1.807) is 48.0 Å². The van der Waals surface area contributed by atoms with Crippen LogP contribution in [0, 0.1) is 6.92 Å². The van der Waals surface area contributed by atoms with E-state index in [0.29, 0.717) is 39.0 Å². The lowest BCUT2D eigenvalue weighted by atomic mass is 9.98. The number of para-hydroxylation sites is 1. The molecule has 4 aromatic rings. The molecule has 160 valence electrons. The second-order valence-corrected chi connectivity index (χ2v) is 7.57. The van der Waals surface area contributed by atoms with Crippen LogP contribution in [0.1, 0.15) is 11.1 Å². The fraction of sp³-hybridized carbons (Fsp3) is 0.174. The smallest absolute Gasteiger partial charge is 0.417 e. The van der Waals surface area contributed by atoms with E-state index in [4.69, 9.17) is 16.3 Å². The number of benzene rings is 3. The highest BCUT2D eigenvalue weighted by atomic mass is 35.5. The maximum absolute atomic E-state index is 13.6. The summed E-state index contributed by atoms with van der Waals surface area (Å²) in [6.45, 7) is 1.88. The molecule has 0 amide bonds. The van der Waals surface area contributed by atoms with Gasteiger partial charge in [-0.1, -0.05) is 41.9 Å². The van der Waals surface area contributed by atoms with E-state index in [1.807, 2.05) is 6.92 Å². The molecular formula is C23H19ClF3N3O. The van der Waals surface area contributed by atoms with Crippen LogP contribution in [0.3, 0.4) is 0 Å². The van der Waals surface area contributed by atoms with Gasteiger partial charge in [0, 0.05) is 23.7 Å². The molecule has 0 unspecified atom stereocenters. The molecule has 1 N–H and O–H groups in total. The van der Waals surface area contributed by atoms with Crippen molar-refractivity contribution >= 4 is 34.3 Å². The Kier molecular flexibility index (Phi) is 5.31. The summed E-state index contributed by atoms with van der Waals surface area (Å²) in [4.78, 5) is 4.61. The number of aryl methyl sites for hydroxylation is 2. The number of rotatable bonds is 4. The fourth-order valence-electron chi connectivity index (χ4n) is 3.71. The third-order valence-corrected chi connectivity index (χ3v) is 5.36. The Hall–Kier alpha value is -3.19. The van der Waals surface area contributed by atoms with Gasteiger partial charge in [-0.05, 0) is 36.2 Å². The number of aromatic nitrogens is 2. The Morgan fingerprint density at radius 2 is 1.74 bits per heavy atom. The van der Waals surface area contributed by atoms with Crippen LogP contribution in [-0.4, -0.2) is 16.7 Å². The normalized spacial score (nSPS) is 11.7. The van der Waals surface area contributed by atoms with Crippen molar-refractivity contribution in [3.8, 4) is 16.9 Å². The van der Waals surface area contributed by atoms with Crippen molar-refractivity contribution < 1.29 is 17.9 Å². The molecule has 0 aliphatic carbocycles. The average molecular weight is 446 g/mol. The lowest BCUT2D eigenvalue weighted by molar-refractivity contribution is -0.137. The number of halogens is 4. The van der Waals surface area contributed by atoms with Crippen LogP contribution in [0.25, 0.3) is 22.2 Å². The van der Waals surface area contributed by atoms with Crippen LogP contribution in [0.4, 0.5) is 24.8 Å². The number of nitrogens with zero attached hydrogens (tertiary/aromatic N) is 2. The Morgan fingerprint density at radius 3 is 2.45 bits per heavy atom. The Labute approximate surface area is 182 Å². The molecule has 1 aromatic heterocycles. The van der Waals surface area contributed by atoms with Gasteiger partial charge in [-0.3, -0.25) is 0 Å². The number of fused-ring (bicyclic) bond motifs is 1. The summed E-state index contributed by atoms with van der Waals surface area (Å²) < 4.78 is 48.1. The van der Waals surface area contributed by atoms with E-state index in [-0.39, 0.29) is 5.56 Å². The highest BCUT2D eigenvalue weighted by molar-refractivity contribution is 6.31. The van der Waals surface area contributed by atoms with Gasteiger partial charge in [0.1, 0.15) is 5.75 Å². The van der Waals surface area contributed by atoms with Crippen molar-refractivity contribution in [2.45, 2.75) is 13.1 Å². The third kappa shape index (κ3) is 3.81. The van der Waals surface area contributed by atoms with Gasteiger partial charge in [0.05, 0.1) is 29.4 Å². The minimum Gasteiger partial charge on any atom is -0.495 e. The van der Waals surface area contributed by atoms with Crippen molar-refractivity contribution in [2.75, 3.05) is 12.4 Å². The summed E-state index contributed by atoms with van der Waals surface area (Å²) >= 11 is 6.12. The van der Waals surface area contributed by atoms with E-state index in [1.165, 1.54) is 19.2 Å². The number of methoxy groups -OCH3 is 1. The molecule has 8 heteroatoms. The predicted molar refractivity (Wildman–Crippen MR) is 117 cm³/mol. The Morgan fingerprint density at radius 1 is 1.03 bits per heavy atom. The molecule has 0 spiro atoms. The number of anilines is 2. The maximum atomic E-state index is 13.6. The highest BCUT2D eigenvalue weighted by Crippen LogP contribution is 2.40. The maximum Gasteiger partial charge on any atom is 0.417 e. The van der Waals surface area contributed by atoms with Crippen LogP contribution >= 0.6 is 11.6 Å².